The zero-order chi connectivity index (χ0) is 21.6. The number of pyridine rings is 1. The first-order chi connectivity index (χ1) is 15.1. The van der Waals surface area contributed by atoms with Crippen LogP contribution < -0.4 is 9.64 Å². The minimum atomic E-state index is -0.117. The second-order valence-corrected chi connectivity index (χ2v) is 7.80. The summed E-state index contributed by atoms with van der Waals surface area (Å²) in [6.07, 6.45) is 3.61. The smallest absolute Gasteiger partial charge is 0.325 e. The minimum absolute atomic E-state index is 0.0189. The summed E-state index contributed by atoms with van der Waals surface area (Å²) >= 11 is 0. The zero-order valence-corrected chi connectivity index (χ0v) is 17.9. The molecule has 0 unspecified atom stereocenters. The first-order valence-electron chi connectivity index (χ1n) is 10.8. The summed E-state index contributed by atoms with van der Waals surface area (Å²) < 4.78 is 5.46. The first kappa shape index (κ1) is 21.1. The highest BCUT2D eigenvalue weighted by atomic mass is 16.5. The number of anilines is 1. The van der Waals surface area contributed by atoms with Gasteiger partial charge in [-0.2, -0.15) is 0 Å². The quantitative estimate of drug-likeness (QED) is 0.682. The number of carbonyl (C=O) groups excluding carboxylic acids is 2. The van der Waals surface area contributed by atoms with E-state index in [1.165, 1.54) is 5.56 Å². The van der Waals surface area contributed by atoms with Crippen molar-refractivity contribution in [3.8, 4) is 5.75 Å². The van der Waals surface area contributed by atoms with Gasteiger partial charge in [-0.3, -0.25) is 19.6 Å². The molecule has 0 saturated carbocycles. The van der Waals surface area contributed by atoms with Crippen molar-refractivity contribution < 1.29 is 14.3 Å². The highest BCUT2D eigenvalue weighted by Crippen LogP contribution is 2.23. The van der Waals surface area contributed by atoms with Crippen LogP contribution in [-0.2, 0) is 11.3 Å². The van der Waals surface area contributed by atoms with Crippen LogP contribution in [-0.4, -0.2) is 84.0 Å². The molecule has 2 aliphatic rings. The van der Waals surface area contributed by atoms with E-state index >= 15 is 0 Å². The number of rotatable bonds is 7. The molecule has 3 amide bonds. The average Bonchev–Trinajstić information content (AvgIpc) is 3.16. The van der Waals surface area contributed by atoms with Gasteiger partial charge in [0.1, 0.15) is 12.3 Å². The molecule has 2 aliphatic heterocycles. The number of nitrogens with zero attached hydrogens (tertiary/aromatic N) is 5. The number of carbonyl (C=O) groups is 2. The number of ether oxygens (including phenoxy) is 1. The summed E-state index contributed by atoms with van der Waals surface area (Å²) in [6.45, 7) is 7.73. The molecule has 0 aliphatic carbocycles. The number of urea groups is 1. The molecule has 4 rings (SSSR count). The standard InChI is InChI=1S/C23H29N5O3/c1-2-31-21-5-3-20(4-6-21)28-16-15-27(23(28)30)18-22(29)26-13-11-25(12-14-26)17-19-7-9-24-10-8-19/h3-10H,2,11-18H2,1H3. The number of amides is 3. The van der Waals surface area contributed by atoms with E-state index in [0.29, 0.717) is 32.8 Å². The molecule has 164 valence electrons. The van der Waals surface area contributed by atoms with Crippen molar-refractivity contribution >= 4 is 17.6 Å². The van der Waals surface area contributed by atoms with Crippen LogP contribution in [0.15, 0.2) is 48.8 Å². The summed E-state index contributed by atoms with van der Waals surface area (Å²) in [5.74, 6) is 0.804. The molecule has 2 aromatic rings. The van der Waals surface area contributed by atoms with Gasteiger partial charge in [0.15, 0.2) is 0 Å². The summed E-state index contributed by atoms with van der Waals surface area (Å²) in [4.78, 5) is 37.2. The van der Waals surface area contributed by atoms with Crippen molar-refractivity contribution in [2.24, 2.45) is 0 Å². The molecule has 1 aromatic carbocycles. The molecule has 0 N–H and O–H groups in total. The largest absolute Gasteiger partial charge is 0.494 e. The lowest BCUT2D eigenvalue weighted by Gasteiger charge is -2.35. The van der Waals surface area contributed by atoms with E-state index in [-0.39, 0.29) is 18.5 Å². The molecule has 1 aromatic heterocycles. The van der Waals surface area contributed by atoms with E-state index in [1.54, 1.807) is 22.2 Å². The van der Waals surface area contributed by atoms with Crippen LogP contribution in [0.4, 0.5) is 10.5 Å². The third kappa shape index (κ3) is 5.14. The Morgan fingerprint density at radius 1 is 0.968 bits per heavy atom. The van der Waals surface area contributed by atoms with E-state index in [4.69, 9.17) is 4.74 Å². The first-order valence-corrected chi connectivity index (χ1v) is 10.8. The lowest BCUT2D eigenvalue weighted by Crippen LogP contribution is -2.51. The molecule has 0 radical (unpaired) electrons. The number of benzene rings is 1. The Balaban J connectivity index is 1.26. The molecule has 3 heterocycles. The number of hydrogen-bond donors (Lipinski definition) is 0. The van der Waals surface area contributed by atoms with Gasteiger partial charge in [0.25, 0.3) is 0 Å². The molecule has 0 spiro atoms. The fraction of sp³-hybridized carbons (Fsp3) is 0.435. The topological polar surface area (TPSA) is 69.2 Å². The predicted molar refractivity (Wildman–Crippen MR) is 118 cm³/mol. The van der Waals surface area contributed by atoms with Crippen LogP contribution in [0.25, 0.3) is 0 Å². The SMILES string of the molecule is CCOc1ccc(N2CCN(CC(=O)N3CCN(Cc4ccncc4)CC3)C2=O)cc1. The van der Waals surface area contributed by atoms with E-state index in [1.807, 2.05) is 48.2 Å². The van der Waals surface area contributed by atoms with Crippen LogP contribution in [0.5, 0.6) is 5.75 Å². The molecular formula is C23H29N5O3. The molecular weight excluding hydrogens is 394 g/mol. The van der Waals surface area contributed by atoms with Crippen LogP contribution in [0.2, 0.25) is 0 Å². The van der Waals surface area contributed by atoms with Gasteiger partial charge in [0.2, 0.25) is 5.91 Å². The monoisotopic (exact) mass is 423 g/mol. The lowest BCUT2D eigenvalue weighted by atomic mass is 10.2. The fourth-order valence-electron chi connectivity index (χ4n) is 4.02. The van der Waals surface area contributed by atoms with E-state index in [9.17, 15) is 9.59 Å². The van der Waals surface area contributed by atoms with Gasteiger partial charge in [-0.1, -0.05) is 0 Å². The molecule has 0 bridgehead atoms. The van der Waals surface area contributed by atoms with Gasteiger partial charge in [0.05, 0.1) is 6.61 Å². The van der Waals surface area contributed by atoms with Crippen molar-refractivity contribution in [1.82, 2.24) is 19.7 Å². The van der Waals surface area contributed by atoms with Crippen molar-refractivity contribution in [1.29, 1.82) is 0 Å². The Labute approximate surface area is 183 Å². The second-order valence-electron chi connectivity index (χ2n) is 7.80. The van der Waals surface area contributed by atoms with Crippen molar-refractivity contribution in [3.63, 3.8) is 0 Å². The van der Waals surface area contributed by atoms with Gasteiger partial charge < -0.3 is 14.5 Å². The Hall–Kier alpha value is -3.13. The van der Waals surface area contributed by atoms with Crippen LogP contribution in [0.1, 0.15) is 12.5 Å². The molecule has 0 atom stereocenters. The highest BCUT2D eigenvalue weighted by Gasteiger charge is 2.32. The fourth-order valence-corrected chi connectivity index (χ4v) is 4.02. The number of piperazine rings is 1. The van der Waals surface area contributed by atoms with E-state index in [2.05, 4.69) is 9.88 Å². The number of hydrogen-bond acceptors (Lipinski definition) is 5. The molecule has 31 heavy (non-hydrogen) atoms. The van der Waals surface area contributed by atoms with Crippen LogP contribution >= 0.6 is 0 Å². The number of aromatic nitrogens is 1. The zero-order valence-electron chi connectivity index (χ0n) is 17.9. The summed E-state index contributed by atoms with van der Waals surface area (Å²) in [5.41, 5.74) is 2.06. The maximum Gasteiger partial charge on any atom is 0.325 e. The van der Waals surface area contributed by atoms with Crippen molar-refractivity contribution in [2.75, 3.05) is 57.3 Å². The third-order valence-corrected chi connectivity index (χ3v) is 5.76. The van der Waals surface area contributed by atoms with Crippen LogP contribution in [0, 0.1) is 0 Å². The molecule has 2 saturated heterocycles. The highest BCUT2D eigenvalue weighted by molar-refractivity contribution is 5.96. The van der Waals surface area contributed by atoms with Gasteiger partial charge >= 0.3 is 6.03 Å². The Bertz CT molecular complexity index is 882. The van der Waals surface area contributed by atoms with Gasteiger partial charge in [0, 0.05) is 63.9 Å². The van der Waals surface area contributed by atoms with E-state index in [0.717, 1.165) is 31.1 Å². The maximum absolute atomic E-state index is 12.8. The second kappa shape index (κ2) is 9.78. The van der Waals surface area contributed by atoms with Crippen molar-refractivity contribution in [3.05, 3.63) is 54.4 Å². The third-order valence-electron chi connectivity index (χ3n) is 5.76. The van der Waals surface area contributed by atoms with Gasteiger partial charge in [-0.25, -0.2) is 4.79 Å². The molecule has 8 heteroatoms. The Kier molecular flexibility index (Phi) is 6.66. The van der Waals surface area contributed by atoms with Crippen molar-refractivity contribution in [2.45, 2.75) is 13.5 Å². The molecule has 2 fully saturated rings. The summed E-state index contributed by atoms with van der Waals surface area (Å²) in [7, 11) is 0. The van der Waals surface area contributed by atoms with Gasteiger partial charge in [-0.05, 0) is 48.9 Å². The maximum atomic E-state index is 12.8. The Morgan fingerprint density at radius 3 is 2.35 bits per heavy atom. The summed E-state index contributed by atoms with van der Waals surface area (Å²) in [5, 5.41) is 0. The van der Waals surface area contributed by atoms with Gasteiger partial charge in [-0.15, -0.1) is 0 Å². The minimum Gasteiger partial charge on any atom is -0.494 e. The Morgan fingerprint density at radius 2 is 1.68 bits per heavy atom. The average molecular weight is 424 g/mol. The normalized spacial score (nSPS) is 17.3. The predicted octanol–water partition coefficient (Wildman–Crippen LogP) is 2.07. The van der Waals surface area contributed by atoms with E-state index < -0.39 is 0 Å². The van der Waals surface area contributed by atoms with Crippen LogP contribution in [0.3, 0.4) is 0 Å². The lowest BCUT2D eigenvalue weighted by molar-refractivity contribution is -0.133. The summed E-state index contributed by atoms with van der Waals surface area (Å²) in [6, 6.07) is 11.4. The molecule has 8 nitrogen and oxygen atoms in total.